The molecule has 1 aromatic carbocycles. The van der Waals surface area contributed by atoms with Crippen molar-refractivity contribution in [3.8, 4) is 11.5 Å². The number of carbonyl (C=O) groups is 2. The third kappa shape index (κ3) is 5.93. The predicted molar refractivity (Wildman–Crippen MR) is 101 cm³/mol. The molecule has 160 valence electrons. The lowest BCUT2D eigenvalue weighted by molar-refractivity contribution is -0.200. The lowest BCUT2D eigenvalue weighted by atomic mass is 9.79. The summed E-state index contributed by atoms with van der Waals surface area (Å²) in [5.41, 5.74) is -1.68. The van der Waals surface area contributed by atoms with Crippen molar-refractivity contribution in [1.29, 1.82) is 0 Å². The molecule has 9 heteroatoms. The predicted octanol–water partition coefficient (Wildman–Crippen LogP) is 0.613. The minimum Gasteiger partial charge on any atom is -0.504 e. The molecule has 0 aliphatic heterocycles. The molecule has 0 aromatic heterocycles. The van der Waals surface area contributed by atoms with Gasteiger partial charge in [0.2, 0.25) is 0 Å². The fraction of sp³-hybridized carbons (Fsp3) is 0.500. The van der Waals surface area contributed by atoms with E-state index in [1.54, 1.807) is 0 Å². The van der Waals surface area contributed by atoms with Crippen LogP contribution in [0, 0.1) is 0 Å². The van der Waals surface area contributed by atoms with Crippen LogP contribution in [0.5, 0.6) is 11.5 Å². The van der Waals surface area contributed by atoms with Gasteiger partial charge in [-0.2, -0.15) is 0 Å². The molecular formula is C20H26O9. The van der Waals surface area contributed by atoms with Crippen LogP contribution in [0.1, 0.15) is 38.2 Å². The first kappa shape index (κ1) is 22.7. The number of rotatable bonds is 7. The first-order chi connectivity index (χ1) is 13.7. The third-order valence-electron chi connectivity index (χ3n) is 4.65. The minimum absolute atomic E-state index is 0.114. The molecule has 2 rings (SSSR count). The number of aromatic hydroxyl groups is 2. The summed E-state index contributed by atoms with van der Waals surface area (Å²) in [7, 11) is 0. The van der Waals surface area contributed by atoms with Crippen LogP contribution in [0.25, 0.3) is 6.08 Å². The molecule has 9 nitrogen and oxygen atoms in total. The molecule has 1 aromatic rings. The van der Waals surface area contributed by atoms with Crippen molar-refractivity contribution in [1.82, 2.24) is 0 Å². The zero-order valence-electron chi connectivity index (χ0n) is 16.0. The second-order valence-electron chi connectivity index (χ2n) is 7.04. The Morgan fingerprint density at radius 3 is 2.59 bits per heavy atom. The fourth-order valence-corrected chi connectivity index (χ4v) is 2.97. The molecule has 1 fully saturated rings. The van der Waals surface area contributed by atoms with Gasteiger partial charge in [0.05, 0.1) is 12.7 Å². The molecular weight excluding hydrogens is 384 g/mol. The second kappa shape index (κ2) is 9.73. The van der Waals surface area contributed by atoms with Gasteiger partial charge in [-0.3, -0.25) is 0 Å². The number of aliphatic hydroxyl groups is 3. The van der Waals surface area contributed by atoms with E-state index in [2.05, 4.69) is 0 Å². The number of phenolic OH excluding ortho intramolecular Hbond substituents is 2. The molecule has 4 atom stereocenters. The minimum atomic E-state index is -2.08. The van der Waals surface area contributed by atoms with Crippen LogP contribution in [-0.4, -0.2) is 68.0 Å². The second-order valence-corrected chi connectivity index (χ2v) is 7.04. The number of esters is 2. The van der Waals surface area contributed by atoms with E-state index in [0.29, 0.717) is 12.0 Å². The number of carbonyl (C=O) groups excluding carboxylic acids is 2. The number of unbranched alkanes of at least 4 members (excludes halogenated alkanes) is 1. The van der Waals surface area contributed by atoms with Crippen LogP contribution in [0.2, 0.25) is 0 Å². The Hall–Kier alpha value is -2.62. The topological polar surface area (TPSA) is 154 Å². The molecule has 5 N–H and O–H groups in total. The lowest BCUT2D eigenvalue weighted by Crippen LogP contribution is -2.57. The zero-order chi connectivity index (χ0) is 21.6. The summed E-state index contributed by atoms with van der Waals surface area (Å²) in [5, 5.41) is 49.4. The van der Waals surface area contributed by atoms with E-state index < -0.39 is 48.7 Å². The van der Waals surface area contributed by atoms with E-state index in [9.17, 15) is 35.1 Å². The molecule has 0 heterocycles. The first-order valence-corrected chi connectivity index (χ1v) is 9.32. The Morgan fingerprint density at radius 1 is 1.21 bits per heavy atom. The summed E-state index contributed by atoms with van der Waals surface area (Å²) in [4.78, 5) is 24.3. The molecule has 0 spiro atoms. The monoisotopic (exact) mass is 410 g/mol. The van der Waals surface area contributed by atoms with Crippen LogP contribution in [0.15, 0.2) is 24.3 Å². The van der Waals surface area contributed by atoms with Crippen LogP contribution < -0.4 is 0 Å². The molecule has 0 amide bonds. The van der Waals surface area contributed by atoms with Crippen LogP contribution in [-0.2, 0) is 19.1 Å². The summed E-state index contributed by atoms with van der Waals surface area (Å²) < 4.78 is 10.1. The maximum Gasteiger partial charge on any atom is 0.338 e. The summed E-state index contributed by atoms with van der Waals surface area (Å²) >= 11 is 0. The first-order valence-electron chi connectivity index (χ1n) is 9.32. The zero-order valence-corrected chi connectivity index (χ0v) is 16.0. The van der Waals surface area contributed by atoms with Crippen LogP contribution in [0.3, 0.4) is 0 Å². The summed E-state index contributed by atoms with van der Waals surface area (Å²) in [5.74, 6) is -2.50. The van der Waals surface area contributed by atoms with Gasteiger partial charge in [0, 0.05) is 18.9 Å². The number of ether oxygens (including phenoxy) is 2. The van der Waals surface area contributed by atoms with Gasteiger partial charge in [0.1, 0.15) is 12.2 Å². The highest BCUT2D eigenvalue weighted by Crippen LogP contribution is 2.32. The van der Waals surface area contributed by atoms with Gasteiger partial charge in [-0.15, -0.1) is 0 Å². The Labute approximate surface area is 167 Å². The molecule has 0 unspecified atom stereocenters. The molecule has 29 heavy (non-hydrogen) atoms. The number of benzene rings is 1. The number of hydrogen-bond donors (Lipinski definition) is 5. The van der Waals surface area contributed by atoms with E-state index in [-0.39, 0.29) is 18.1 Å². The average Bonchev–Trinajstić information content (AvgIpc) is 2.67. The summed E-state index contributed by atoms with van der Waals surface area (Å²) in [6.07, 6.45) is -1.42. The maximum atomic E-state index is 12.2. The highest BCUT2D eigenvalue weighted by molar-refractivity contribution is 5.87. The van der Waals surface area contributed by atoms with E-state index in [1.165, 1.54) is 24.3 Å². The van der Waals surface area contributed by atoms with Gasteiger partial charge in [0.25, 0.3) is 0 Å². The molecule has 1 aliphatic carbocycles. The quantitative estimate of drug-likeness (QED) is 0.188. The van der Waals surface area contributed by atoms with Gasteiger partial charge in [0.15, 0.2) is 17.1 Å². The van der Waals surface area contributed by atoms with Crippen molar-refractivity contribution in [2.45, 2.75) is 56.5 Å². The number of aliphatic hydroxyl groups excluding tert-OH is 2. The molecule has 1 saturated carbocycles. The van der Waals surface area contributed by atoms with E-state index in [1.807, 2.05) is 6.92 Å². The van der Waals surface area contributed by atoms with E-state index in [4.69, 9.17) is 9.47 Å². The molecule has 0 saturated heterocycles. The smallest absolute Gasteiger partial charge is 0.338 e. The maximum absolute atomic E-state index is 12.2. The normalized spacial score (nSPS) is 27.0. The SMILES string of the molecule is CCCCOC(=O)[C@]1(O)C[C@H](OC(=O)C=Cc2ccc(O)c(O)c2)[C@@H](O)[C@@H](O)C1. The highest BCUT2D eigenvalue weighted by atomic mass is 16.6. The molecule has 0 bridgehead atoms. The molecule has 1 aliphatic rings. The standard InChI is InChI=1S/C20H26O9/c1-2-3-8-28-19(26)20(27)10-15(23)18(25)16(11-20)29-17(24)7-5-12-4-6-13(21)14(22)9-12/h4-7,9,15-16,18,21-23,25,27H,2-3,8,10-11H2,1H3/t15-,16-,18-,20+/m0/s1. The van der Waals surface area contributed by atoms with Gasteiger partial charge >= 0.3 is 11.9 Å². The Balaban J connectivity index is 2.03. The van der Waals surface area contributed by atoms with Gasteiger partial charge < -0.3 is 35.0 Å². The Kier molecular flexibility index (Phi) is 7.60. The third-order valence-corrected chi connectivity index (χ3v) is 4.65. The van der Waals surface area contributed by atoms with Crippen LogP contribution >= 0.6 is 0 Å². The molecule has 0 radical (unpaired) electrons. The number of hydrogen-bond acceptors (Lipinski definition) is 9. The largest absolute Gasteiger partial charge is 0.504 e. The van der Waals surface area contributed by atoms with E-state index >= 15 is 0 Å². The fourth-order valence-electron chi connectivity index (χ4n) is 2.97. The highest BCUT2D eigenvalue weighted by Gasteiger charge is 2.51. The number of phenols is 2. The lowest BCUT2D eigenvalue weighted by Gasteiger charge is -2.39. The average molecular weight is 410 g/mol. The van der Waals surface area contributed by atoms with Crippen molar-refractivity contribution in [3.05, 3.63) is 29.8 Å². The van der Waals surface area contributed by atoms with Gasteiger partial charge in [-0.25, -0.2) is 9.59 Å². The van der Waals surface area contributed by atoms with Crippen molar-refractivity contribution >= 4 is 18.0 Å². The Bertz CT molecular complexity index is 760. The van der Waals surface area contributed by atoms with Gasteiger partial charge in [-0.05, 0) is 30.2 Å². The van der Waals surface area contributed by atoms with E-state index in [0.717, 1.165) is 12.5 Å². The van der Waals surface area contributed by atoms with Crippen molar-refractivity contribution < 1.29 is 44.6 Å². The van der Waals surface area contributed by atoms with Crippen molar-refractivity contribution in [3.63, 3.8) is 0 Å². The van der Waals surface area contributed by atoms with Crippen molar-refractivity contribution in [2.24, 2.45) is 0 Å². The summed E-state index contributed by atoms with van der Waals surface area (Å²) in [6, 6.07) is 3.92. The summed E-state index contributed by atoms with van der Waals surface area (Å²) in [6.45, 7) is 2.02. The van der Waals surface area contributed by atoms with Crippen LogP contribution in [0.4, 0.5) is 0 Å². The van der Waals surface area contributed by atoms with Gasteiger partial charge in [-0.1, -0.05) is 19.4 Å². The Morgan fingerprint density at radius 2 is 1.93 bits per heavy atom. The van der Waals surface area contributed by atoms with Crippen molar-refractivity contribution in [2.75, 3.05) is 6.61 Å².